The molecule has 0 radical (unpaired) electrons. The van der Waals surface area contributed by atoms with Crippen LogP contribution in [0.3, 0.4) is 0 Å². The Hall–Kier alpha value is -0.940. The molecule has 0 saturated carbocycles. The Morgan fingerprint density at radius 2 is 2.06 bits per heavy atom. The molecule has 1 heterocycles. The molecule has 0 amide bonds. The zero-order valence-electron chi connectivity index (χ0n) is 9.34. The van der Waals surface area contributed by atoms with E-state index in [1.54, 1.807) is 4.90 Å². The average molecular weight is 223 g/mol. The Labute approximate surface area is 95.1 Å². The third-order valence-corrected chi connectivity index (χ3v) is 3.11. The average Bonchev–Trinajstić information content (AvgIpc) is 2.68. The largest absolute Gasteiger partial charge is 0.394 e. The highest BCUT2D eigenvalue weighted by atomic mass is 16.5. The Balaban J connectivity index is 2.25. The van der Waals surface area contributed by atoms with Gasteiger partial charge in [0.1, 0.15) is 6.23 Å². The molecule has 0 aliphatic carbocycles. The van der Waals surface area contributed by atoms with Gasteiger partial charge >= 0.3 is 0 Å². The molecule has 4 nitrogen and oxygen atoms in total. The second kappa shape index (κ2) is 4.51. The lowest BCUT2D eigenvalue weighted by molar-refractivity contribution is -0.0420. The molecule has 88 valence electrons. The van der Waals surface area contributed by atoms with Gasteiger partial charge in [-0.2, -0.15) is 0 Å². The maximum absolute atomic E-state index is 9.40. The Morgan fingerprint density at radius 3 is 2.62 bits per heavy atom. The molecule has 1 saturated heterocycles. The minimum Gasteiger partial charge on any atom is -0.394 e. The van der Waals surface area contributed by atoms with Crippen LogP contribution in [0.25, 0.3) is 0 Å². The highest BCUT2D eigenvalue weighted by Crippen LogP contribution is 2.35. The van der Waals surface area contributed by atoms with Gasteiger partial charge in [0.05, 0.1) is 25.5 Å². The number of benzene rings is 1. The summed E-state index contributed by atoms with van der Waals surface area (Å²) in [5, 5.41) is 18.8. The fraction of sp³-hybridized carbons (Fsp3) is 0.500. The van der Waals surface area contributed by atoms with Crippen molar-refractivity contribution in [1.29, 1.82) is 0 Å². The van der Waals surface area contributed by atoms with Gasteiger partial charge in [-0.15, -0.1) is 0 Å². The van der Waals surface area contributed by atoms with Crippen LogP contribution in [0.1, 0.15) is 18.7 Å². The molecule has 2 N–H and O–H groups in total. The first-order chi connectivity index (χ1) is 7.71. The fourth-order valence-electron chi connectivity index (χ4n) is 1.99. The summed E-state index contributed by atoms with van der Waals surface area (Å²) in [6, 6.07) is 9.71. The highest BCUT2D eigenvalue weighted by molar-refractivity contribution is 5.19. The van der Waals surface area contributed by atoms with Gasteiger partial charge in [0.15, 0.2) is 0 Å². The maximum atomic E-state index is 9.40. The Kier molecular flexibility index (Phi) is 3.25. The van der Waals surface area contributed by atoms with Crippen LogP contribution in [-0.2, 0) is 4.74 Å². The number of ether oxygens (including phenoxy) is 1. The monoisotopic (exact) mass is 223 g/mol. The van der Waals surface area contributed by atoms with Gasteiger partial charge in [-0.3, -0.25) is 0 Å². The molecular formula is C12H17NO3. The van der Waals surface area contributed by atoms with E-state index >= 15 is 0 Å². The SMILES string of the molecule is CC1(CO)COC(c2ccccc2)N1CO. The van der Waals surface area contributed by atoms with Gasteiger partial charge in [0.25, 0.3) is 0 Å². The van der Waals surface area contributed by atoms with Crippen molar-refractivity contribution in [1.82, 2.24) is 4.90 Å². The Morgan fingerprint density at radius 1 is 1.38 bits per heavy atom. The van der Waals surface area contributed by atoms with Crippen LogP contribution >= 0.6 is 0 Å². The van der Waals surface area contributed by atoms with Gasteiger partial charge in [-0.25, -0.2) is 4.90 Å². The van der Waals surface area contributed by atoms with Gasteiger partial charge in [-0.05, 0) is 12.5 Å². The predicted molar refractivity (Wildman–Crippen MR) is 59.6 cm³/mol. The summed E-state index contributed by atoms with van der Waals surface area (Å²) in [5.41, 5.74) is 0.489. The summed E-state index contributed by atoms with van der Waals surface area (Å²) < 4.78 is 5.65. The normalized spacial score (nSPS) is 30.8. The molecule has 2 atom stereocenters. The van der Waals surface area contributed by atoms with Gasteiger partial charge < -0.3 is 14.9 Å². The first kappa shape index (κ1) is 11.5. The van der Waals surface area contributed by atoms with E-state index in [2.05, 4.69) is 0 Å². The van der Waals surface area contributed by atoms with E-state index in [9.17, 15) is 10.2 Å². The Bertz CT molecular complexity index is 343. The van der Waals surface area contributed by atoms with Crippen LogP contribution in [0.5, 0.6) is 0 Å². The third-order valence-electron chi connectivity index (χ3n) is 3.11. The summed E-state index contributed by atoms with van der Waals surface area (Å²) in [5.74, 6) is 0. The summed E-state index contributed by atoms with van der Waals surface area (Å²) >= 11 is 0. The molecule has 1 fully saturated rings. The van der Waals surface area contributed by atoms with Crippen LogP contribution < -0.4 is 0 Å². The van der Waals surface area contributed by atoms with E-state index in [0.29, 0.717) is 6.61 Å². The standard InChI is InChI=1S/C12H17NO3/c1-12(7-14)8-16-11(13(12)9-15)10-5-3-2-4-6-10/h2-6,11,14-15H,7-9H2,1H3. The smallest absolute Gasteiger partial charge is 0.139 e. The second-order valence-corrected chi connectivity index (χ2v) is 4.34. The lowest BCUT2D eigenvalue weighted by Crippen LogP contribution is -2.47. The van der Waals surface area contributed by atoms with E-state index < -0.39 is 5.54 Å². The summed E-state index contributed by atoms with van der Waals surface area (Å²) in [7, 11) is 0. The van der Waals surface area contributed by atoms with E-state index in [4.69, 9.17) is 4.74 Å². The molecule has 2 unspecified atom stereocenters. The fourth-order valence-corrected chi connectivity index (χ4v) is 1.99. The summed E-state index contributed by atoms with van der Waals surface area (Å²) in [6.07, 6.45) is -0.275. The van der Waals surface area contributed by atoms with Crippen LogP contribution in [0.15, 0.2) is 30.3 Å². The van der Waals surface area contributed by atoms with Crippen molar-refractivity contribution in [3.05, 3.63) is 35.9 Å². The van der Waals surface area contributed by atoms with Crippen molar-refractivity contribution in [3.63, 3.8) is 0 Å². The first-order valence-electron chi connectivity index (χ1n) is 5.36. The minimum atomic E-state index is -0.505. The molecule has 1 aliphatic heterocycles. The molecule has 1 aliphatic rings. The van der Waals surface area contributed by atoms with Gasteiger partial charge in [0.2, 0.25) is 0 Å². The van der Waals surface area contributed by atoms with Crippen molar-refractivity contribution in [2.24, 2.45) is 0 Å². The van der Waals surface area contributed by atoms with Crippen molar-refractivity contribution in [2.45, 2.75) is 18.7 Å². The van der Waals surface area contributed by atoms with E-state index in [-0.39, 0.29) is 19.6 Å². The highest BCUT2D eigenvalue weighted by Gasteiger charge is 2.43. The number of aliphatic hydroxyl groups is 2. The molecule has 2 rings (SSSR count). The van der Waals surface area contributed by atoms with Crippen molar-refractivity contribution >= 4 is 0 Å². The lowest BCUT2D eigenvalue weighted by atomic mass is 10.0. The number of hydrogen-bond acceptors (Lipinski definition) is 4. The van der Waals surface area contributed by atoms with Crippen molar-refractivity contribution in [2.75, 3.05) is 19.9 Å². The molecule has 0 spiro atoms. The van der Waals surface area contributed by atoms with Crippen LogP contribution in [0, 0.1) is 0 Å². The summed E-state index contributed by atoms with van der Waals surface area (Å²) in [4.78, 5) is 1.77. The van der Waals surface area contributed by atoms with Gasteiger partial charge in [0, 0.05) is 0 Å². The molecule has 0 bridgehead atoms. The van der Waals surface area contributed by atoms with E-state index in [0.717, 1.165) is 5.56 Å². The molecule has 0 aromatic heterocycles. The van der Waals surface area contributed by atoms with Crippen molar-refractivity contribution < 1.29 is 14.9 Å². The van der Waals surface area contributed by atoms with E-state index in [1.165, 1.54) is 0 Å². The molecular weight excluding hydrogens is 206 g/mol. The predicted octanol–water partition coefficient (Wildman–Crippen LogP) is 0.718. The second-order valence-electron chi connectivity index (χ2n) is 4.34. The zero-order valence-corrected chi connectivity index (χ0v) is 9.34. The molecule has 16 heavy (non-hydrogen) atoms. The first-order valence-corrected chi connectivity index (χ1v) is 5.36. The number of hydrogen-bond donors (Lipinski definition) is 2. The number of nitrogens with zero attached hydrogens (tertiary/aromatic N) is 1. The minimum absolute atomic E-state index is 0.0309. The maximum Gasteiger partial charge on any atom is 0.139 e. The van der Waals surface area contributed by atoms with E-state index in [1.807, 2.05) is 37.3 Å². The molecule has 1 aromatic carbocycles. The van der Waals surface area contributed by atoms with Crippen LogP contribution in [-0.4, -0.2) is 40.6 Å². The summed E-state index contributed by atoms with van der Waals surface area (Å²) in [6.45, 7) is 2.14. The topological polar surface area (TPSA) is 52.9 Å². The zero-order chi connectivity index (χ0) is 11.6. The lowest BCUT2D eigenvalue weighted by Gasteiger charge is -2.32. The van der Waals surface area contributed by atoms with Crippen molar-refractivity contribution in [3.8, 4) is 0 Å². The molecule has 1 aromatic rings. The van der Waals surface area contributed by atoms with Crippen LogP contribution in [0.2, 0.25) is 0 Å². The molecule has 4 heteroatoms. The van der Waals surface area contributed by atoms with Gasteiger partial charge in [-0.1, -0.05) is 30.3 Å². The number of aliphatic hydroxyl groups excluding tert-OH is 2. The third kappa shape index (κ3) is 1.85. The quantitative estimate of drug-likeness (QED) is 0.792. The van der Waals surface area contributed by atoms with Crippen LogP contribution in [0.4, 0.5) is 0 Å². The number of rotatable bonds is 3.